The van der Waals surface area contributed by atoms with Gasteiger partial charge in [-0.25, -0.2) is 10.2 Å². The van der Waals surface area contributed by atoms with Crippen molar-refractivity contribution in [3.05, 3.63) is 105 Å². The largest absolute Gasteiger partial charge is 0.445 e. The van der Waals surface area contributed by atoms with Crippen LogP contribution in [0.1, 0.15) is 17.5 Å². The van der Waals surface area contributed by atoms with Gasteiger partial charge in [-0.3, -0.25) is 20.3 Å². The molecular weight excluding hydrogens is 518 g/mol. The molecule has 1 aliphatic rings. The van der Waals surface area contributed by atoms with Crippen LogP contribution in [0.4, 0.5) is 4.79 Å². The summed E-state index contributed by atoms with van der Waals surface area (Å²) < 4.78 is 10.7. The number of allylic oxidation sites excluding steroid dienone is 1. The second-order valence-corrected chi connectivity index (χ2v) is 9.40. The quantitative estimate of drug-likeness (QED) is 0.170. The third kappa shape index (κ3) is 7.11. The fraction of sp³-hybridized carbons (Fsp3) is 0.286. The number of alkyl carbamates (subject to hydrolysis) is 1. The van der Waals surface area contributed by atoms with Crippen LogP contribution >= 0.6 is 0 Å². The first kappa shape index (κ1) is 28.5. The monoisotopic (exact) mass is 549 g/mol. The Hall–Kier alpha value is -4.52. The van der Waals surface area contributed by atoms with Crippen LogP contribution in [0.15, 0.2) is 84.2 Å². The van der Waals surface area contributed by atoms with Gasteiger partial charge in [0.15, 0.2) is 0 Å². The molecule has 1 heterocycles. The van der Waals surface area contributed by atoms with Crippen molar-refractivity contribution in [2.45, 2.75) is 31.1 Å². The van der Waals surface area contributed by atoms with E-state index in [0.717, 1.165) is 22.0 Å². The van der Waals surface area contributed by atoms with Gasteiger partial charge in [0, 0.05) is 55.7 Å². The molecule has 0 saturated heterocycles. The molecule has 40 heavy (non-hydrogen) atoms. The molecule has 4 rings (SSSR count). The van der Waals surface area contributed by atoms with Crippen LogP contribution in [0.2, 0.25) is 0 Å². The number of benzene rings is 2. The number of nitrogens with zero attached hydrogens (tertiary/aromatic N) is 1. The minimum atomic E-state index is -1.24. The summed E-state index contributed by atoms with van der Waals surface area (Å²) in [5, 5.41) is 24.7. The first-order chi connectivity index (χ1) is 19.3. The molecule has 0 spiro atoms. The van der Waals surface area contributed by atoms with E-state index in [1.807, 2.05) is 54.6 Å². The number of aliphatic hydroxyl groups excluding tert-OH is 1. The van der Waals surface area contributed by atoms with E-state index in [-0.39, 0.29) is 31.7 Å². The molecule has 1 aliphatic carbocycles. The Kier molecular flexibility index (Phi) is 9.27. The number of aromatic amines is 1. The van der Waals surface area contributed by atoms with Gasteiger partial charge in [-0.2, -0.15) is 0 Å². The SMILES string of the molecule is COC1(CO)C=C([N+](=O)[O-])C=C(CNNC(=O)C(Cc2c[nH]c3ccccc23)NC(=O)OCc2ccccc2)C1. The Morgan fingerprint density at radius 2 is 1.93 bits per heavy atom. The first-order valence-electron chi connectivity index (χ1n) is 12.6. The molecule has 0 radical (unpaired) electrons. The lowest BCUT2D eigenvalue weighted by Gasteiger charge is -2.30. The number of nitrogens with one attached hydrogen (secondary N) is 4. The number of rotatable bonds is 12. The van der Waals surface area contributed by atoms with Gasteiger partial charge in [-0.15, -0.1) is 0 Å². The highest BCUT2D eigenvalue weighted by Crippen LogP contribution is 2.29. The Labute approximate surface area is 230 Å². The van der Waals surface area contributed by atoms with Crippen molar-refractivity contribution < 1.29 is 29.1 Å². The van der Waals surface area contributed by atoms with Crippen LogP contribution < -0.4 is 16.2 Å². The number of aromatic nitrogens is 1. The minimum Gasteiger partial charge on any atom is -0.445 e. The Balaban J connectivity index is 1.43. The van der Waals surface area contributed by atoms with E-state index in [2.05, 4.69) is 21.2 Å². The highest BCUT2D eigenvalue weighted by Gasteiger charge is 2.35. The number of nitro groups is 1. The summed E-state index contributed by atoms with van der Waals surface area (Å²) in [6.45, 7) is -0.370. The summed E-state index contributed by atoms with van der Waals surface area (Å²) in [4.78, 5) is 39.8. The highest BCUT2D eigenvalue weighted by molar-refractivity contribution is 5.88. The summed E-state index contributed by atoms with van der Waals surface area (Å²) in [6, 6.07) is 15.8. The van der Waals surface area contributed by atoms with Gasteiger partial charge < -0.3 is 24.9 Å². The smallest absolute Gasteiger partial charge is 0.408 e. The molecule has 12 heteroatoms. The molecule has 2 unspecified atom stereocenters. The number of hydrogen-bond donors (Lipinski definition) is 5. The van der Waals surface area contributed by atoms with E-state index >= 15 is 0 Å². The second kappa shape index (κ2) is 13.0. The molecule has 5 N–H and O–H groups in total. The summed E-state index contributed by atoms with van der Waals surface area (Å²) in [5.41, 5.74) is 6.95. The van der Waals surface area contributed by atoms with Gasteiger partial charge in [-0.1, -0.05) is 48.5 Å². The molecule has 1 aromatic heterocycles. The third-order valence-electron chi connectivity index (χ3n) is 6.62. The normalized spacial score (nSPS) is 17.4. The van der Waals surface area contributed by atoms with Gasteiger partial charge in [0.05, 0.1) is 11.5 Å². The first-order valence-corrected chi connectivity index (χ1v) is 12.6. The second-order valence-electron chi connectivity index (χ2n) is 9.40. The van der Waals surface area contributed by atoms with Gasteiger partial charge in [0.25, 0.3) is 11.6 Å². The number of amides is 2. The molecule has 210 valence electrons. The molecule has 3 aromatic rings. The number of H-pyrrole nitrogens is 1. The van der Waals surface area contributed by atoms with E-state index < -0.39 is 35.2 Å². The molecule has 0 bridgehead atoms. The molecule has 2 aromatic carbocycles. The van der Waals surface area contributed by atoms with Crippen molar-refractivity contribution in [1.29, 1.82) is 0 Å². The zero-order valence-electron chi connectivity index (χ0n) is 21.9. The maximum Gasteiger partial charge on any atom is 0.408 e. The summed E-state index contributed by atoms with van der Waals surface area (Å²) in [7, 11) is 1.36. The van der Waals surface area contributed by atoms with Crippen molar-refractivity contribution in [2.75, 3.05) is 20.3 Å². The van der Waals surface area contributed by atoms with Crippen molar-refractivity contribution >= 4 is 22.9 Å². The number of para-hydroxylation sites is 1. The van der Waals surface area contributed by atoms with E-state index in [1.165, 1.54) is 19.3 Å². The van der Waals surface area contributed by atoms with Crippen LogP contribution in [0.5, 0.6) is 0 Å². The maximum absolute atomic E-state index is 13.2. The van der Waals surface area contributed by atoms with Crippen molar-refractivity contribution in [3.63, 3.8) is 0 Å². The highest BCUT2D eigenvalue weighted by atomic mass is 16.6. The molecule has 0 aliphatic heterocycles. The number of hydrazine groups is 1. The van der Waals surface area contributed by atoms with Gasteiger partial charge in [0.1, 0.15) is 18.2 Å². The van der Waals surface area contributed by atoms with Crippen molar-refractivity contribution in [1.82, 2.24) is 21.2 Å². The zero-order valence-corrected chi connectivity index (χ0v) is 21.9. The minimum absolute atomic E-state index is 0.0406. The molecule has 2 atom stereocenters. The zero-order chi connectivity index (χ0) is 28.5. The number of methoxy groups -OCH3 is 1. The number of ether oxygens (including phenoxy) is 2. The molecule has 0 saturated carbocycles. The van der Waals surface area contributed by atoms with E-state index in [1.54, 1.807) is 6.20 Å². The van der Waals surface area contributed by atoms with Gasteiger partial charge in [-0.05, 0) is 22.8 Å². The predicted octanol–water partition coefficient (Wildman–Crippen LogP) is 2.49. The summed E-state index contributed by atoms with van der Waals surface area (Å²) >= 11 is 0. The average molecular weight is 550 g/mol. The summed E-state index contributed by atoms with van der Waals surface area (Å²) in [5.74, 6) is -0.538. The van der Waals surface area contributed by atoms with Crippen LogP contribution in [-0.2, 0) is 27.3 Å². The fourth-order valence-electron chi connectivity index (χ4n) is 4.49. The maximum atomic E-state index is 13.2. The summed E-state index contributed by atoms with van der Waals surface area (Å²) in [6.07, 6.45) is 4.03. The molecule has 0 fully saturated rings. The lowest BCUT2D eigenvalue weighted by molar-refractivity contribution is -0.420. The Bertz CT molecular complexity index is 1410. The molecular formula is C28H31N5O7. The van der Waals surface area contributed by atoms with Crippen molar-refractivity contribution in [2.24, 2.45) is 0 Å². The topological polar surface area (TPSA) is 168 Å². The fourth-order valence-corrected chi connectivity index (χ4v) is 4.49. The third-order valence-corrected chi connectivity index (χ3v) is 6.62. The molecule has 2 amide bonds. The predicted molar refractivity (Wildman–Crippen MR) is 146 cm³/mol. The van der Waals surface area contributed by atoms with E-state index in [9.17, 15) is 24.8 Å². The number of carbonyl (C=O) groups excluding carboxylic acids is 2. The van der Waals surface area contributed by atoms with Gasteiger partial charge >= 0.3 is 6.09 Å². The van der Waals surface area contributed by atoms with Crippen LogP contribution in [0.3, 0.4) is 0 Å². The number of fused-ring (bicyclic) bond motifs is 1. The standard InChI is InChI=1S/C28H31N5O7/c1-39-28(18-34)13-20(11-22(14-28)33(37)38)15-30-32-26(35)25(12-21-16-29-24-10-6-5-9-23(21)24)31-27(36)40-17-19-7-3-2-4-8-19/h2-11,14,16,25,29-30,34H,12-13,15,17-18H2,1H3,(H,31,36)(H,32,35). The number of hydrogen-bond acceptors (Lipinski definition) is 8. The lowest BCUT2D eigenvalue weighted by atomic mass is 9.89. The average Bonchev–Trinajstić information content (AvgIpc) is 3.38. The van der Waals surface area contributed by atoms with Crippen LogP contribution in [0, 0.1) is 10.1 Å². The van der Waals surface area contributed by atoms with Crippen LogP contribution in [-0.4, -0.2) is 58.9 Å². The Morgan fingerprint density at radius 3 is 2.65 bits per heavy atom. The number of carbonyl (C=O) groups is 2. The van der Waals surface area contributed by atoms with Crippen molar-refractivity contribution in [3.8, 4) is 0 Å². The number of aliphatic hydroxyl groups is 1. The molecule has 12 nitrogen and oxygen atoms in total. The van der Waals surface area contributed by atoms with E-state index in [4.69, 9.17) is 9.47 Å². The van der Waals surface area contributed by atoms with E-state index in [0.29, 0.717) is 5.57 Å². The van der Waals surface area contributed by atoms with Crippen LogP contribution in [0.25, 0.3) is 10.9 Å². The lowest BCUT2D eigenvalue weighted by Crippen LogP contribution is -2.52. The van der Waals surface area contributed by atoms with Gasteiger partial charge in [0.2, 0.25) is 0 Å². The Morgan fingerprint density at radius 1 is 1.18 bits per heavy atom.